The van der Waals surface area contributed by atoms with E-state index in [1.165, 1.54) is 32.1 Å². The van der Waals surface area contributed by atoms with Crippen LogP contribution in [0.1, 0.15) is 49.0 Å². The fraction of sp³-hybridized carbons (Fsp3) is 0.714. The lowest BCUT2D eigenvalue weighted by Crippen LogP contribution is -2.26. The van der Waals surface area contributed by atoms with Gasteiger partial charge in [0.2, 0.25) is 0 Å². The minimum atomic E-state index is -0.0772. The Morgan fingerprint density at radius 1 is 1.42 bits per heavy atom. The van der Waals surface area contributed by atoms with E-state index in [9.17, 15) is 4.79 Å². The Morgan fingerprint density at radius 3 is 2.95 bits per heavy atom. The number of aromatic nitrogens is 2. The van der Waals surface area contributed by atoms with Gasteiger partial charge < -0.3 is 15.6 Å². The molecule has 2 rings (SSSR count). The second-order valence-electron chi connectivity index (χ2n) is 5.33. The SMILES string of the molecule is NCCn1cnc(C(=O)NCCC2CCCCC2)c1. The molecule has 1 fully saturated rings. The van der Waals surface area contributed by atoms with E-state index in [0.717, 1.165) is 18.9 Å². The van der Waals surface area contributed by atoms with Gasteiger partial charge in [-0.15, -0.1) is 0 Å². The van der Waals surface area contributed by atoms with E-state index in [-0.39, 0.29) is 5.91 Å². The van der Waals surface area contributed by atoms with E-state index in [1.807, 2.05) is 4.57 Å². The molecule has 106 valence electrons. The van der Waals surface area contributed by atoms with Gasteiger partial charge >= 0.3 is 0 Å². The Labute approximate surface area is 114 Å². The molecule has 19 heavy (non-hydrogen) atoms. The first-order valence-electron chi connectivity index (χ1n) is 7.29. The molecule has 0 unspecified atom stereocenters. The monoisotopic (exact) mass is 264 g/mol. The van der Waals surface area contributed by atoms with Crippen molar-refractivity contribution in [1.82, 2.24) is 14.9 Å². The predicted molar refractivity (Wildman–Crippen MR) is 74.8 cm³/mol. The van der Waals surface area contributed by atoms with E-state index in [2.05, 4.69) is 10.3 Å². The van der Waals surface area contributed by atoms with Crippen LogP contribution in [0, 0.1) is 5.92 Å². The number of amides is 1. The van der Waals surface area contributed by atoms with E-state index in [0.29, 0.717) is 18.8 Å². The van der Waals surface area contributed by atoms with Gasteiger partial charge in [0.1, 0.15) is 5.69 Å². The first-order chi connectivity index (χ1) is 9.29. The van der Waals surface area contributed by atoms with Crippen LogP contribution in [-0.2, 0) is 6.54 Å². The molecule has 5 heteroatoms. The van der Waals surface area contributed by atoms with Crippen LogP contribution in [0.15, 0.2) is 12.5 Å². The number of carbonyl (C=O) groups is 1. The lowest BCUT2D eigenvalue weighted by molar-refractivity contribution is 0.0945. The fourth-order valence-electron chi connectivity index (χ4n) is 2.70. The van der Waals surface area contributed by atoms with Gasteiger partial charge in [-0.1, -0.05) is 32.1 Å². The number of nitrogens with two attached hydrogens (primary N) is 1. The lowest BCUT2D eigenvalue weighted by atomic mass is 9.87. The quantitative estimate of drug-likeness (QED) is 0.818. The Kier molecular flexibility index (Phi) is 5.39. The van der Waals surface area contributed by atoms with E-state index in [1.54, 1.807) is 12.5 Å². The fourth-order valence-corrected chi connectivity index (χ4v) is 2.70. The van der Waals surface area contributed by atoms with Crippen LogP contribution >= 0.6 is 0 Å². The molecule has 1 aliphatic carbocycles. The van der Waals surface area contributed by atoms with Crippen molar-refractivity contribution in [2.24, 2.45) is 11.7 Å². The molecule has 1 amide bonds. The summed E-state index contributed by atoms with van der Waals surface area (Å²) in [5.41, 5.74) is 5.94. The van der Waals surface area contributed by atoms with Gasteiger partial charge in [0.05, 0.1) is 6.33 Å². The number of nitrogens with zero attached hydrogens (tertiary/aromatic N) is 2. The number of carbonyl (C=O) groups excluding carboxylic acids is 1. The second kappa shape index (κ2) is 7.28. The Balaban J connectivity index is 1.70. The second-order valence-corrected chi connectivity index (χ2v) is 5.33. The van der Waals surface area contributed by atoms with E-state index in [4.69, 9.17) is 5.73 Å². The number of imidazole rings is 1. The molecule has 1 aromatic rings. The van der Waals surface area contributed by atoms with Crippen molar-refractivity contribution in [3.8, 4) is 0 Å². The van der Waals surface area contributed by atoms with Crippen molar-refractivity contribution >= 4 is 5.91 Å². The average molecular weight is 264 g/mol. The third-order valence-corrected chi connectivity index (χ3v) is 3.82. The maximum absolute atomic E-state index is 11.9. The highest BCUT2D eigenvalue weighted by molar-refractivity contribution is 5.91. The maximum atomic E-state index is 11.9. The van der Waals surface area contributed by atoms with Gasteiger partial charge in [-0.25, -0.2) is 4.98 Å². The molecule has 0 spiro atoms. The molecule has 0 radical (unpaired) electrons. The largest absolute Gasteiger partial charge is 0.351 e. The summed E-state index contributed by atoms with van der Waals surface area (Å²) < 4.78 is 1.84. The molecule has 0 aliphatic heterocycles. The number of nitrogens with one attached hydrogen (secondary N) is 1. The molecule has 1 heterocycles. The van der Waals surface area contributed by atoms with Gasteiger partial charge in [0.25, 0.3) is 5.91 Å². The topological polar surface area (TPSA) is 72.9 Å². The van der Waals surface area contributed by atoms with Crippen LogP contribution < -0.4 is 11.1 Å². The third kappa shape index (κ3) is 4.35. The first kappa shape index (κ1) is 14.1. The Hall–Kier alpha value is -1.36. The molecule has 0 aromatic carbocycles. The Morgan fingerprint density at radius 2 is 2.21 bits per heavy atom. The van der Waals surface area contributed by atoms with Gasteiger partial charge in [-0.2, -0.15) is 0 Å². The molecule has 3 N–H and O–H groups in total. The third-order valence-electron chi connectivity index (χ3n) is 3.82. The van der Waals surface area contributed by atoms with Crippen molar-refractivity contribution in [3.05, 3.63) is 18.2 Å². The minimum absolute atomic E-state index is 0.0772. The molecule has 1 aliphatic rings. The van der Waals surface area contributed by atoms with Gasteiger partial charge in [0, 0.05) is 25.8 Å². The molecule has 1 saturated carbocycles. The molecule has 0 atom stereocenters. The summed E-state index contributed by atoms with van der Waals surface area (Å²) in [4.78, 5) is 16.0. The molecule has 0 bridgehead atoms. The van der Waals surface area contributed by atoms with Gasteiger partial charge in [0.15, 0.2) is 0 Å². The van der Waals surface area contributed by atoms with E-state index < -0.39 is 0 Å². The minimum Gasteiger partial charge on any atom is -0.351 e. The summed E-state index contributed by atoms with van der Waals surface area (Å²) >= 11 is 0. The van der Waals surface area contributed by atoms with Crippen molar-refractivity contribution in [2.75, 3.05) is 13.1 Å². The van der Waals surface area contributed by atoms with Gasteiger partial charge in [-0.05, 0) is 12.3 Å². The maximum Gasteiger partial charge on any atom is 0.271 e. The van der Waals surface area contributed by atoms with Crippen molar-refractivity contribution in [2.45, 2.75) is 45.1 Å². The zero-order valence-electron chi connectivity index (χ0n) is 11.5. The van der Waals surface area contributed by atoms with Crippen molar-refractivity contribution in [3.63, 3.8) is 0 Å². The number of hydrogen-bond donors (Lipinski definition) is 2. The summed E-state index contributed by atoms with van der Waals surface area (Å²) in [5.74, 6) is 0.718. The smallest absolute Gasteiger partial charge is 0.271 e. The van der Waals surface area contributed by atoms with Crippen LogP contribution in [0.25, 0.3) is 0 Å². The zero-order chi connectivity index (χ0) is 13.5. The van der Waals surface area contributed by atoms with Crippen LogP contribution in [0.3, 0.4) is 0 Å². The van der Waals surface area contributed by atoms with Crippen LogP contribution in [-0.4, -0.2) is 28.5 Å². The normalized spacial score (nSPS) is 16.5. The molecular formula is C14H24N4O. The summed E-state index contributed by atoms with van der Waals surface area (Å²) in [6.45, 7) is 2.01. The number of rotatable bonds is 6. The highest BCUT2D eigenvalue weighted by Crippen LogP contribution is 2.25. The molecule has 0 saturated heterocycles. The van der Waals surface area contributed by atoms with Crippen molar-refractivity contribution in [1.29, 1.82) is 0 Å². The lowest BCUT2D eigenvalue weighted by Gasteiger charge is -2.21. The standard InChI is InChI=1S/C14H24N4O/c15-7-9-18-10-13(17-11-18)14(19)16-8-6-12-4-2-1-3-5-12/h10-12H,1-9,15H2,(H,16,19). The molecular weight excluding hydrogens is 240 g/mol. The Bertz CT molecular complexity index is 396. The predicted octanol–water partition coefficient (Wildman–Crippen LogP) is 1.54. The van der Waals surface area contributed by atoms with Crippen LogP contribution in [0.2, 0.25) is 0 Å². The number of hydrogen-bond acceptors (Lipinski definition) is 3. The van der Waals surface area contributed by atoms with Crippen molar-refractivity contribution < 1.29 is 4.79 Å². The highest BCUT2D eigenvalue weighted by atomic mass is 16.1. The molecule has 5 nitrogen and oxygen atoms in total. The summed E-state index contributed by atoms with van der Waals surface area (Å²) in [6, 6.07) is 0. The van der Waals surface area contributed by atoms with Gasteiger partial charge in [-0.3, -0.25) is 4.79 Å². The summed E-state index contributed by atoms with van der Waals surface area (Å²) in [6.07, 6.45) is 11.2. The van der Waals surface area contributed by atoms with Crippen LogP contribution in [0.5, 0.6) is 0 Å². The van der Waals surface area contributed by atoms with E-state index >= 15 is 0 Å². The van der Waals surface area contributed by atoms with Crippen LogP contribution in [0.4, 0.5) is 0 Å². The molecule has 1 aromatic heterocycles. The average Bonchev–Trinajstić information content (AvgIpc) is 2.89. The summed E-state index contributed by atoms with van der Waals surface area (Å²) in [5, 5.41) is 2.96. The highest BCUT2D eigenvalue weighted by Gasteiger charge is 2.14. The first-order valence-corrected chi connectivity index (χ1v) is 7.29. The summed E-state index contributed by atoms with van der Waals surface area (Å²) in [7, 11) is 0. The zero-order valence-corrected chi connectivity index (χ0v) is 11.5.